The van der Waals surface area contributed by atoms with Gasteiger partial charge in [-0.3, -0.25) is 0 Å². The van der Waals surface area contributed by atoms with Crippen LogP contribution in [0.25, 0.3) is 0 Å². The molecule has 1 aliphatic rings. The minimum Gasteiger partial charge on any atom is -0.0832 e. The highest BCUT2D eigenvalue weighted by Crippen LogP contribution is 2.14. The minimum absolute atomic E-state index is 1.23. The van der Waals surface area contributed by atoms with Crippen LogP contribution in [-0.2, 0) is 0 Å². The highest BCUT2D eigenvalue weighted by Gasteiger charge is 1.88. The van der Waals surface area contributed by atoms with E-state index in [0.717, 1.165) is 0 Å². The van der Waals surface area contributed by atoms with Crippen molar-refractivity contribution in [1.29, 1.82) is 0 Å². The molecule has 0 aliphatic heterocycles. The lowest BCUT2D eigenvalue weighted by Crippen LogP contribution is -1.73. The normalized spacial score (nSPS) is 19.3. The summed E-state index contributed by atoms with van der Waals surface area (Å²) in [7, 11) is 0. The van der Waals surface area contributed by atoms with Gasteiger partial charge in [0.05, 0.1) is 0 Å². The van der Waals surface area contributed by atoms with E-state index < -0.39 is 0 Å². The van der Waals surface area contributed by atoms with Gasteiger partial charge in [-0.2, -0.15) is 0 Å². The lowest BCUT2D eigenvalue weighted by Gasteiger charge is -1.95. The van der Waals surface area contributed by atoms with E-state index in [9.17, 15) is 0 Å². The summed E-state index contributed by atoms with van der Waals surface area (Å²) in [5.41, 5.74) is 0. The maximum Gasteiger partial charge on any atom is 0.00869 e. The summed E-state index contributed by atoms with van der Waals surface area (Å²) in [6, 6.07) is 0. The Bertz CT molecular complexity index is 111. The zero-order chi connectivity index (χ0) is 5.11. The summed E-state index contributed by atoms with van der Waals surface area (Å²) in [6.07, 6.45) is 9.08. The first-order chi connectivity index (χ1) is 3.39. The molecule has 1 heteroatoms. The van der Waals surface area contributed by atoms with E-state index in [1.807, 2.05) is 0 Å². The zero-order valence-electron chi connectivity index (χ0n) is 4.02. The second-order valence-corrected chi connectivity index (χ2v) is 2.81. The maximum atomic E-state index is 2.33. The lowest BCUT2D eigenvalue weighted by atomic mass is 10.2. The smallest absolute Gasteiger partial charge is 0.00869 e. The van der Waals surface area contributed by atoms with Crippen molar-refractivity contribution in [3.05, 3.63) is 21.8 Å². The van der Waals surface area contributed by atoms with Crippen molar-refractivity contribution in [2.24, 2.45) is 0 Å². The van der Waals surface area contributed by atoms with E-state index >= 15 is 0 Å². The van der Waals surface area contributed by atoms with Crippen LogP contribution in [0, 0.1) is 0 Å². The molecule has 0 atom stereocenters. The third kappa shape index (κ3) is 1.63. The Kier molecular flexibility index (Phi) is 1.91. The fourth-order valence-electron chi connectivity index (χ4n) is 0.581. The molecule has 0 bridgehead atoms. The molecule has 0 amide bonds. The highest BCUT2D eigenvalue weighted by molar-refractivity contribution is 14.1. The Balaban J connectivity index is 2.58. The first-order valence-electron chi connectivity index (χ1n) is 2.42. The average Bonchev–Trinajstić information content (AvgIpc) is 1.69. The van der Waals surface area contributed by atoms with Crippen LogP contribution < -0.4 is 0 Å². The predicted molar refractivity (Wildman–Crippen MR) is 40.5 cm³/mol. The molecule has 1 rings (SSSR count). The molecule has 0 aromatic rings. The largest absolute Gasteiger partial charge is 0.0832 e. The summed E-state index contributed by atoms with van der Waals surface area (Å²) in [6.45, 7) is 0. The van der Waals surface area contributed by atoms with E-state index in [1.165, 1.54) is 16.4 Å². The molecule has 38 valence electrons. The molecule has 7 heavy (non-hydrogen) atoms. The van der Waals surface area contributed by atoms with Crippen molar-refractivity contribution in [3.8, 4) is 0 Å². The maximum absolute atomic E-state index is 2.33. The van der Waals surface area contributed by atoms with E-state index in [1.54, 1.807) is 0 Å². The van der Waals surface area contributed by atoms with Crippen LogP contribution >= 0.6 is 22.6 Å². The topological polar surface area (TPSA) is 0 Å². The standard InChI is InChI=1S/C6H7I/c7-6-4-2-1-3-5-6/h2,4-5H,1,3H2. The summed E-state index contributed by atoms with van der Waals surface area (Å²) in [5, 5.41) is 0. The van der Waals surface area contributed by atoms with Crippen molar-refractivity contribution in [1.82, 2.24) is 0 Å². The quantitative estimate of drug-likeness (QED) is 0.534. The first-order valence-corrected chi connectivity index (χ1v) is 3.49. The average molecular weight is 206 g/mol. The fourth-order valence-corrected chi connectivity index (χ4v) is 1.15. The molecule has 0 unspecified atom stereocenters. The van der Waals surface area contributed by atoms with Crippen LogP contribution in [0.1, 0.15) is 12.8 Å². The molecular formula is C6H7I. The third-order valence-corrected chi connectivity index (χ3v) is 1.75. The first kappa shape index (κ1) is 5.35. The van der Waals surface area contributed by atoms with E-state index in [2.05, 4.69) is 40.8 Å². The van der Waals surface area contributed by atoms with Crippen molar-refractivity contribution < 1.29 is 0 Å². The van der Waals surface area contributed by atoms with Crippen LogP contribution in [0.3, 0.4) is 0 Å². The number of hydrogen-bond acceptors (Lipinski definition) is 0. The SMILES string of the molecule is IC1=CCCC=C1. The molecule has 0 aromatic carbocycles. The molecule has 0 saturated carbocycles. The van der Waals surface area contributed by atoms with Crippen molar-refractivity contribution in [3.63, 3.8) is 0 Å². The Morgan fingerprint density at radius 1 is 1.43 bits per heavy atom. The predicted octanol–water partition coefficient (Wildman–Crippen LogP) is 2.66. The minimum atomic E-state index is 1.23. The lowest BCUT2D eigenvalue weighted by molar-refractivity contribution is 1.03. The molecule has 1 aliphatic carbocycles. The monoisotopic (exact) mass is 206 g/mol. The van der Waals surface area contributed by atoms with Gasteiger partial charge in [0.15, 0.2) is 0 Å². The Labute approximate surface area is 57.4 Å². The summed E-state index contributed by atoms with van der Waals surface area (Å²) < 4.78 is 1.38. The number of halogens is 1. The van der Waals surface area contributed by atoms with E-state index in [-0.39, 0.29) is 0 Å². The van der Waals surface area contributed by atoms with Crippen molar-refractivity contribution in [2.75, 3.05) is 0 Å². The molecule has 0 nitrogen and oxygen atoms in total. The van der Waals surface area contributed by atoms with Crippen LogP contribution in [-0.4, -0.2) is 0 Å². The summed E-state index contributed by atoms with van der Waals surface area (Å²) in [5.74, 6) is 0. The Morgan fingerprint density at radius 3 is 2.57 bits per heavy atom. The molecule has 0 fully saturated rings. The van der Waals surface area contributed by atoms with Gasteiger partial charge >= 0.3 is 0 Å². The molecular weight excluding hydrogens is 199 g/mol. The number of hydrogen-bond donors (Lipinski definition) is 0. The van der Waals surface area contributed by atoms with Crippen LogP contribution in [0.2, 0.25) is 0 Å². The number of allylic oxidation sites excluding steroid dienone is 4. The van der Waals surface area contributed by atoms with Gasteiger partial charge < -0.3 is 0 Å². The molecule has 0 heterocycles. The van der Waals surface area contributed by atoms with E-state index in [0.29, 0.717) is 0 Å². The van der Waals surface area contributed by atoms with Crippen LogP contribution in [0.15, 0.2) is 21.8 Å². The summed E-state index contributed by atoms with van der Waals surface area (Å²) >= 11 is 2.33. The number of rotatable bonds is 0. The third-order valence-electron chi connectivity index (χ3n) is 0.950. The van der Waals surface area contributed by atoms with Gasteiger partial charge in [-0.1, -0.05) is 18.2 Å². The van der Waals surface area contributed by atoms with E-state index in [4.69, 9.17) is 0 Å². The van der Waals surface area contributed by atoms with Crippen molar-refractivity contribution in [2.45, 2.75) is 12.8 Å². The highest BCUT2D eigenvalue weighted by atomic mass is 127. The van der Waals surface area contributed by atoms with Gasteiger partial charge in [0, 0.05) is 3.58 Å². The van der Waals surface area contributed by atoms with Gasteiger partial charge in [-0.25, -0.2) is 0 Å². The van der Waals surface area contributed by atoms with Gasteiger partial charge in [0.1, 0.15) is 0 Å². The second-order valence-electron chi connectivity index (χ2n) is 1.57. The fraction of sp³-hybridized carbons (Fsp3) is 0.333. The molecule has 0 aromatic heterocycles. The second kappa shape index (κ2) is 2.50. The van der Waals surface area contributed by atoms with Crippen LogP contribution in [0.4, 0.5) is 0 Å². The Hall–Kier alpha value is 0.210. The van der Waals surface area contributed by atoms with Gasteiger partial charge in [0.2, 0.25) is 0 Å². The molecule has 0 spiro atoms. The van der Waals surface area contributed by atoms with Gasteiger partial charge in [-0.15, -0.1) is 0 Å². The zero-order valence-corrected chi connectivity index (χ0v) is 6.18. The molecule has 0 N–H and O–H groups in total. The van der Waals surface area contributed by atoms with Crippen molar-refractivity contribution >= 4 is 22.6 Å². The summed E-state index contributed by atoms with van der Waals surface area (Å²) in [4.78, 5) is 0. The molecule has 0 radical (unpaired) electrons. The van der Waals surface area contributed by atoms with Gasteiger partial charge in [0.25, 0.3) is 0 Å². The van der Waals surface area contributed by atoms with Crippen LogP contribution in [0.5, 0.6) is 0 Å². The Morgan fingerprint density at radius 2 is 2.29 bits per heavy atom. The molecule has 0 saturated heterocycles. The van der Waals surface area contributed by atoms with Gasteiger partial charge in [-0.05, 0) is 35.4 Å².